The lowest BCUT2D eigenvalue weighted by atomic mass is 9.72. The summed E-state index contributed by atoms with van der Waals surface area (Å²) >= 11 is 0. The largest absolute Gasteiger partial charge is 0.338 e. The first-order valence-corrected chi connectivity index (χ1v) is 10.4. The van der Waals surface area contributed by atoms with E-state index in [0.29, 0.717) is 17.9 Å². The van der Waals surface area contributed by atoms with Crippen LogP contribution in [0.15, 0.2) is 12.2 Å². The van der Waals surface area contributed by atoms with Gasteiger partial charge in [0, 0.05) is 12.6 Å². The highest BCUT2D eigenvalue weighted by Crippen LogP contribution is 2.52. The number of allylic oxidation sites excluding steroid dienone is 2. The highest BCUT2D eigenvalue weighted by Gasteiger charge is 2.59. The number of rotatable bonds is 2. The van der Waals surface area contributed by atoms with Crippen LogP contribution < -0.4 is 0 Å². The smallest absolute Gasteiger partial charge is 0.243 e. The van der Waals surface area contributed by atoms with Gasteiger partial charge >= 0.3 is 0 Å². The van der Waals surface area contributed by atoms with Gasteiger partial charge in [-0.25, -0.2) is 0 Å². The van der Waals surface area contributed by atoms with Crippen LogP contribution in [0.4, 0.5) is 0 Å². The maximum Gasteiger partial charge on any atom is 0.243 e. The van der Waals surface area contributed by atoms with Crippen molar-refractivity contribution in [1.29, 1.82) is 0 Å². The average Bonchev–Trinajstić information content (AvgIpc) is 3.32. The first-order valence-electron chi connectivity index (χ1n) is 10.4. The van der Waals surface area contributed by atoms with E-state index in [0.717, 1.165) is 25.8 Å². The van der Waals surface area contributed by atoms with Crippen LogP contribution in [-0.4, -0.2) is 46.7 Å². The number of piperidine rings is 1. The number of carbonyl (C=O) groups is 3. The molecular formula is C21H28N2O3. The lowest BCUT2D eigenvalue weighted by molar-refractivity contribution is -0.150. The van der Waals surface area contributed by atoms with Gasteiger partial charge < -0.3 is 4.90 Å². The van der Waals surface area contributed by atoms with E-state index in [-0.39, 0.29) is 47.9 Å². The zero-order valence-corrected chi connectivity index (χ0v) is 15.5. The second-order valence-electron chi connectivity index (χ2n) is 9.13. The van der Waals surface area contributed by atoms with Crippen LogP contribution in [0.5, 0.6) is 0 Å². The standard InChI is InChI=1S/C21H28N2O3/c1-12-8-9-22(16-5-3-2-4-15(12)16)17(24)11-23-20(25)18-13-6-7-14(10-13)19(18)21(23)26/h6-7,12-16,18-19H,2-5,8-11H2,1H3/t12-,13+,14+,15-,16-,18-,19+/m1/s1. The number of amides is 3. The van der Waals surface area contributed by atoms with Gasteiger partial charge in [-0.2, -0.15) is 0 Å². The van der Waals surface area contributed by atoms with Gasteiger partial charge in [0.25, 0.3) is 0 Å². The molecule has 5 heteroatoms. The van der Waals surface area contributed by atoms with Gasteiger partial charge in [-0.3, -0.25) is 19.3 Å². The molecule has 0 aromatic carbocycles. The van der Waals surface area contributed by atoms with Gasteiger partial charge in [-0.05, 0) is 49.4 Å². The van der Waals surface area contributed by atoms with Gasteiger partial charge in [0.1, 0.15) is 6.54 Å². The number of imide groups is 1. The van der Waals surface area contributed by atoms with Crippen molar-refractivity contribution in [2.24, 2.45) is 35.5 Å². The Bertz CT molecular complexity index is 657. The summed E-state index contributed by atoms with van der Waals surface area (Å²) in [6.45, 7) is 3.04. The molecule has 2 aliphatic heterocycles. The molecule has 2 saturated heterocycles. The van der Waals surface area contributed by atoms with Crippen molar-refractivity contribution in [2.45, 2.75) is 51.5 Å². The monoisotopic (exact) mass is 356 g/mol. The van der Waals surface area contributed by atoms with Crippen LogP contribution in [0.1, 0.15) is 45.4 Å². The Kier molecular flexibility index (Phi) is 3.77. The third-order valence-electron chi connectivity index (χ3n) is 7.91. The number of fused-ring (bicyclic) bond motifs is 6. The van der Waals surface area contributed by atoms with Crippen LogP contribution in [0.2, 0.25) is 0 Å². The highest BCUT2D eigenvalue weighted by atomic mass is 16.2. The lowest BCUT2D eigenvalue weighted by Gasteiger charge is -2.47. The van der Waals surface area contributed by atoms with Crippen LogP contribution in [0, 0.1) is 35.5 Å². The molecular weight excluding hydrogens is 328 g/mol. The zero-order valence-electron chi connectivity index (χ0n) is 15.5. The molecule has 140 valence electrons. The van der Waals surface area contributed by atoms with E-state index in [4.69, 9.17) is 0 Å². The second-order valence-corrected chi connectivity index (χ2v) is 9.13. The zero-order chi connectivity index (χ0) is 18.0. The number of carbonyl (C=O) groups excluding carboxylic acids is 3. The number of nitrogens with zero attached hydrogens (tertiary/aromatic N) is 2. The minimum atomic E-state index is -0.200. The molecule has 7 atom stereocenters. The fourth-order valence-corrected chi connectivity index (χ4v) is 6.57. The molecule has 5 aliphatic rings. The predicted octanol–water partition coefficient (Wildman–Crippen LogP) is 2.22. The number of hydrogen-bond acceptors (Lipinski definition) is 3. The maximum absolute atomic E-state index is 13.1. The molecule has 3 aliphatic carbocycles. The Balaban J connectivity index is 1.31. The Morgan fingerprint density at radius 2 is 1.69 bits per heavy atom. The summed E-state index contributed by atoms with van der Waals surface area (Å²) in [4.78, 5) is 42.0. The Hall–Kier alpha value is -1.65. The quantitative estimate of drug-likeness (QED) is 0.563. The van der Waals surface area contributed by atoms with Gasteiger partial charge in [-0.15, -0.1) is 0 Å². The lowest BCUT2D eigenvalue weighted by Crippen LogP contribution is -2.55. The predicted molar refractivity (Wildman–Crippen MR) is 95.7 cm³/mol. The summed E-state index contributed by atoms with van der Waals surface area (Å²) in [6.07, 6.45) is 10.9. The van der Waals surface area contributed by atoms with E-state index in [1.54, 1.807) is 0 Å². The van der Waals surface area contributed by atoms with E-state index in [9.17, 15) is 14.4 Å². The van der Waals surface area contributed by atoms with Crippen molar-refractivity contribution in [2.75, 3.05) is 13.1 Å². The summed E-state index contributed by atoms with van der Waals surface area (Å²) in [5.74, 6) is 1.05. The molecule has 2 heterocycles. The van der Waals surface area contributed by atoms with E-state index in [2.05, 4.69) is 19.1 Å². The van der Waals surface area contributed by atoms with Gasteiger partial charge in [0.05, 0.1) is 11.8 Å². The fraction of sp³-hybridized carbons (Fsp3) is 0.762. The third kappa shape index (κ3) is 2.25. The average molecular weight is 356 g/mol. The molecule has 0 unspecified atom stereocenters. The minimum Gasteiger partial charge on any atom is -0.338 e. The topological polar surface area (TPSA) is 57.7 Å². The summed E-state index contributed by atoms with van der Waals surface area (Å²) in [5.41, 5.74) is 0. The Morgan fingerprint density at radius 3 is 2.38 bits per heavy atom. The maximum atomic E-state index is 13.1. The molecule has 2 saturated carbocycles. The minimum absolute atomic E-state index is 0.0178. The van der Waals surface area contributed by atoms with Crippen molar-refractivity contribution in [1.82, 2.24) is 9.80 Å². The van der Waals surface area contributed by atoms with Crippen molar-refractivity contribution in [3.63, 3.8) is 0 Å². The molecule has 5 nitrogen and oxygen atoms in total. The molecule has 2 bridgehead atoms. The summed E-state index contributed by atoms with van der Waals surface area (Å²) in [6, 6.07) is 0.310. The molecule has 0 aromatic rings. The van der Waals surface area contributed by atoms with E-state index in [1.807, 2.05) is 4.90 Å². The summed E-state index contributed by atoms with van der Waals surface area (Å²) < 4.78 is 0. The number of likely N-dealkylation sites (tertiary alicyclic amines) is 2. The first-order chi connectivity index (χ1) is 12.6. The molecule has 0 aromatic heterocycles. The van der Waals surface area contributed by atoms with Crippen LogP contribution in [0.25, 0.3) is 0 Å². The van der Waals surface area contributed by atoms with E-state index < -0.39 is 0 Å². The molecule has 3 amide bonds. The van der Waals surface area contributed by atoms with Crippen LogP contribution in [0.3, 0.4) is 0 Å². The Morgan fingerprint density at radius 1 is 1.04 bits per heavy atom. The summed E-state index contributed by atoms with van der Waals surface area (Å²) in [5, 5.41) is 0. The highest BCUT2D eigenvalue weighted by molar-refractivity contribution is 6.08. The van der Waals surface area contributed by atoms with E-state index >= 15 is 0 Å². The second kappa shape index (κ2) is 5.93. The summed E-state index contributed by atoms with van der Waals surface area (Å²) in [7, 11) is 0. The molecule has 0 spiro atoms. The molecule has 4 fully saturated rings. The van der Waals surface area contributed by atoms with Crippen LogP contribution >= 0.6 is 0 Å². The van der Waals surface area contributed by atoms with Gasteiger partial charge in [0.2, 0.25) is 17.7 Å². The van der Waals surface area contributed by atoms with Crippen molar-refractivity contribution in [3.05, 3.63) is 12.2 Å². The fourth-order valence-electron chi connectivity index (χ4n) is 6.57. The SMILES string of the molecule is C[C@@H]1CCN(C(=O)CN2C(=O)[C@@H]3[C@H](C2=O)[C@H]2C=C[C@H]3C2)[C@@H]2CCCC[C@H]12. The van der Waals surface area contributed by atoms with Crippen molar-refractivity contribution in [3.8, 4) is 0 Å². The molecule has 0 radical (unpaired) electrons. The van der Waals surface area contributed by atoms with Crippen molar-refractivity contribution < 1.29 is 14.4 Å². The molecule has 5 rings (SSSR count). The van der Waals surface area contributed by atoms with Crippen molar-refractivity contribution >= 4 is 17.7 Å². The Labute approximate surface area is 154 Å². The van der Waals surface area contributed by atoms with Gasteiger partial charge in [-0.1, -0.05) is 31.9 Å². The molecule has 26 heavy (non-hydrogen) atoms. The molecule has 0 N–H and O–H groups in total. The first kappa shape index (κ1) is 16.5. The normalized spacial score (nSPS) is 43.8. The third-order valence-corrected chi connectivity index (χ3v) is 7.91. The van der Waals surface area contributed by atoms with E-state index in [1.165, 1.54) is 24.2 Å². The van der Waals surface area contributed by atoms with Crippen LogP contribution in [-0.2, 0) is 14.4 Å². The van der Waals surface area contributed by atoms with Gasteiger partial charge in [0.15, 0.2) is 0 Å². The number of hydrogen-bond donors (Lipinski definition) is 0.